The predicted octanol–water partition coefficient (Wildman–Crippen LogP) is 7.14. The molecule has 6 atom stereocenters. The van der Waals surface area contributed by atoms with Crippen molar-refractivity contribution in [2.45, 2.75) is 30.4 Å². The number of nitrogens with one attached hydrogen (secondary N) is 1. The summed E-state index contributed by atoms with van der Waals surface area (Å²) in [5, 5.41) is 21.2. The summed E-state index contributed by atoms with van der Waals surface area (Å²) in [6, 6.07) is 15.4. The molecule has 4 aromatic rings. The van der Waals surface area contributed by atoms with Crippen molar-refractivity contribution in [2.24, 2.45) is 23.7 Å². The number of hydrogen-bond acceptors (Lipinski definition) is 8. The van der Waals surface area contributed by atoms with Crippen LogP contribution in [0.2, 0.25) is 10.0 Å². The first-order chi connectivity index (χ1) is 26.5. The molecule has 0 bridgehead atoms. The molecule has 17 heteroatoms. The summed E-state index contributed by atoms with van der Waals surface area (Å²) in [6.07, 6.45) is -2.97. The molecule has 2 aliphatic carbocycles. The number of para-hydroxylation sites is 1. The normalized spacial score (nSPS) is 25.8. The number of phenolic OH excluding ortho intramolecular Hbond substituents is 1. The van der Waals surface area contributed by atoms with Gasteiger partial charge < -0.3 is 10.2 Å². The standard InChI is InChI=1S/C39H26Cl2F4N4O7/c40-20-9-7-18(8-10-20)38-26(34(52)49(37(38)56)47-32-27(41)14-19(16-46-32)39(43,44)45)15-25-22(30(38)24-5-2-6-28(42)31(24)50)11-12-23-29(25)35(53)48(33(23)51)21-4-1-3-17(13-21)36(54)55/h1-11,13-14,16,23,25-26,29-30,50H,12,15H2,(H,46,47)(H,54,55). The van der Waals surface area contributed by atoms with Crippen LogP contribution in [-0.2, 0) is 30.8 Å². The molecule has 3 N–H and O–H groups in total. The molecule has 1 saturated carbocycles. The van der Waals surface area contributed by atoms with Gasteiger partial charge in [0.2, 0.25) is 11.8 Å². The number of amides is 4. The van der Waals surface area contributed by atoms with E-state index in [4.69, 9.17) is 23.2 Å². The number of pyridine rings is 1. The Morgan fingerprint density at radius 2 is 1.64 bits per heavy atom. The second-order valence-corrected chi connectivity index (χ2v) is 14.8. The molecule has 11 nitrogen and oxygen atoms in total. The number of hydrogen-bond donors (Lipinski definition) is 3. The molecular weight excluding hydrogens is 783 g/mol. The number of allylic oxidation sites excluding steroid dienone is 2. The van der Waals surface area contributed by atoms with E-state index in [1.165, 1.54) is 60.7 Å². The largest absolute Gasteiger partial charge is 0.505 e. The number of aromatic carboxylic acids is 1. The van der Waals surface area contributed by atoms with Crippen molar-refractivity contribution in [3.8, 4) is 5.75 Å². The number of nitrogens with zero attached hydrogens (tertiary/aromatic N) is 3. The second kappa shape index (κ2) is 13.2. The molecule has 8 rings (SSSR count). The molecule has 286 valence electrons. The Kier molecular flexibility index (Phi) is 8.73. The van der Waals surface area contributed by atoms with Gasteiger partial charge in [-0.15, -0.1) is 0 Å². The van der Waals surface area contributed by atoms with Gasteiger partial charge in [-0.3, -0.25) is 29.5 Å². The number of carboxylic acids is 1. The van der Waals surface area contributed by atoms with Crippen LogP contribution in [0.4, 0.5) is 29.1 Å². The van der Waals surface area contributed by atoms with E-state index in [0.29, 0.717) is 22.8 Å². The van der Waals surface area contributed by atoms with Crippen LogP contribution in [0.15, 0.2) is 90.6 Å². The third kappa shape index (κ3) is 5.46. The third-order valence-electron chi connectivity index (χ3n) is 11.2. The summed E-state index contributed by atoms with van der Waals surface area (Å²) in [5.74, 6) is -12.6. The summed E-state index contributed by atoms with van der Waals surface area (Å²) < 4.78 is 55.7. The molecule has 0 radical (unpaired) electrons. The molecular formula is C39H26Cl2F4N4O7. The van der Waals surface area contributed by atoms with E-state index in [9.17, 15) is 42.6 Å². The quantitative estimate of drug-likeness (QED) is 0.105. The van der Waals surface area contributed by atoms with Gasteiger partial charge >= 0.3 is 12.1 Å². The summed E-state index contributed by atoms with van der Waals surface area (Å²) in [5.41, 5.74) is -0.404. The van der Waals surface area contributed by atoms with Crippen molar-refractivity contribution in [3.63, 3.8) is 0 Å². The zero-order chi connectivity index (χ0) is 40.0. The summed E-state index contributed by atoms with van der Waals surface area (Å²) in [6.45, 7) is 0. The van der Waals surface area contributed by atoms with Crippen molar-refractivity contribution in [1.29, 1.82) is 0 Å². The van der Waals surface area contributed by atoms with E-state index in [1.807, 2.05) is 0 Å². The Labute approximate surface area is 324 Å². The van der Waals surface area contributed by atoms with Crippen LogP contribution < -0.4 is 10.3 Å². The van der Waals surface area contributed by atoms with Crippen LogP contribution in [0.25, 0.3) is 0 Å². The molecule has 1 aromatic heterocycles. The number of carbonyl (C=O) groups is 5. The number of phenols is 1. The summed E-state index contributed by atoms with van der Waals surface area (Å²) in [4.78, 5) is 74.8. The first-order valence-corrected chi connectivity index (χ1v) is 17.8. The van der Waals surface area contributed by atoms with Gasteiger partial charge in [0.05, 0.1) is 45.0 Å². The number of carbonyl (C=O) groups excluding carboxylic acids is 4. The van der Waals surface area contributed by atoms with Crippen LogP contribution in [0.3, 0.4) is 0 Å². The van der Waals surface area contributed by atoms with Crippen molar-refractivity contribution < 1.29 is 51.7 Å². The number of imide groups is 2. The minimum Gasteiger partial charge on any atom is -0.505 e. The van der Waals surface area contributed by atoms with E-state index in [2.05, 4.69) is 10.4 Å². The highest BCUT2D eigenvalue weighted by molar-refractivity contribution is 6.33. The molecule has 2 saturated heterocycles. The first-order valence-electron chi connectivity index (χ1n) is 17.1. The zero-order valence-corrected chi connectivity index (χ0v) is 29.9. The van der Waals surface area contributed by atoms with Crippen molar-refractivity contribution in [1.82, 2.24) is 9.99 Å². The van der Waals surface area contributed by atoms with Gasteiger partial charge in [0.15, 0.2) is 17.4 Å². The van der Waals surface area contributed by atoms with Gasteiger partial charge in [-0.05, 0) is 66.8 Å². The van der Waals surface area contributed by atoms with Crippen molar-refractivity contribution >= 4 is 64.3 Å². The van der Waals surface area contributed by atoms with Crippen LogP contribution >= 0.6 is 23.2 Å². The number of fused-ring (bicyclic) bond motifs is 4. The molecule has 56 heavy (non-hydrogen) atoms. The number of rotatable bonds is 6. The maximum Gasteiger partial charge on any atom is 0.417 e. The maximum absolute atomic E-state index is 15.3. The average Bonchev–Trinajstić information content (AvgIpc) is 3.54. The topological polar surface area (TPSA) is 157 Å². The first kappa shape index (κ1) is 37.1. The van der Waals surface area contributed by atoms with Gasteiger partial charge in [0.1, 0.15) is 0 Å². The van der Waals surface area contributed by atoms with Crippen molar-refractivity contribution in [3.05, 3.63) is 129 Å². The van der Waals surface area contributed by atoms with Gasteiger partial charge in [-0.2, -0.15) is 18.2 Å². The summed E-state index contributed by atoms with van der Waals surface area (Å²) >= 11 is 12.5. The molecule has 3 heterocycles. The van der Waals surface area contributed by atoms with E-state index < -0.39 is 98.7 Å². The lowest BCUT2D eigenvalue weighted by Gasteiger charge is -2.50. The van der Waals surface area contributed by atoms with E-state index in [0.717, 1.165) is 11.0 Å². The number of carboxylic acid groups (broad SMARTS) is 1. The maximum atomic E-state index is 15.3. The van der Waals surface area contributed by atoms with Gasteiger partial charge in [-0.1, -0.05) is 65.2 Å². The van der Waals surface area contributed by atoms with E-state index in [-0.39, 0.29) is 40.2 Å². The van der Waals surface area contributed by atoms with Crippen molar-refractivity contribution in [2.75, 3.05) is 10.3 Å². The minimum absolute atomic E-state index is 0.0184. The lowest BCUT2D eigenvalue weighted by atomic mass is 9.49. The zero-order valence-electron chi connectivity index (χ0n) is 28.4. The third-order valence-corrected chi connectivity index (χ3v) is 11.8. The Morgan fingerprint density at radius 3 is 2.32 bits per heavy atom. The Morgan fingerprint density at radius 1 is 0.929 bits per heavy atom. The fourth-order valence-electron chi connectivity index (χ4n) is 8.92. The van der Waals surface area contributed by atoms with E-state index in [1.54, 1.807) is 6.08 Å². The fourth-order valence-corrected chi connectivity index (χ4v) is 9.26. The minimum atomic E-state index is -4.81. The Bertz CT molecular complexity index is 2430. The molecule has 3 aromatic carbocycles. The predicted molar refractivity (Wildman–Crippen MR) is 191 cm³/mol. The van der Waals surface area contributed by atoms with Crippen LogP contribution in [0.5, 0.6) is 5.75 Å². The van der Waals surface area contributed by atoms with E-state index >= 15 is 9.18 Å². The van der Waals surface area contributed by atoms with Crippen LogP contribution in [0.1, 0.15) is 45.8 Å². The highest BCUT2D eigenvalue weighted by atomic mass is 35.5. The highest BCUT2D eigenvalue weighted by Crippen LogP contribution is 2.65. The van der Waals surface area contributed by atoms with Gasteiger partial charge in [-0.25, -0.2) is 14.2 Å². The number of benzene rings is 3. The number of aromatic hydroxyl groups is 1. The lowest BCUT2D eigenvalue weighted by molar-refractivity contribution is -0.139. The Balaban J connectivity index is 1.31. The second-order valence-electron chi connectivity index (χ2n) is 14.0. The number of halogens is 6. The molecule has 0 spiro atoms. The van der Waals surface area contributed by atoms with Gasteiger partial charge in [0.25, 0.3) is 11.8 Å². The molecule has 6 unspecified atom stereocenters. The highest BCUT2D eigenvalue weighted by Gasteiger charge is 2.71. The molecule has 3 fully saturated rings. The SMILES string of the molecule is O=C(O)c1cccc(N2C(=O)C3CC=C4C(CC5C(=O)N(Nc6ncc(C(F)(F)F)cc6Cl)C(=O)C5(c5ccc(Cl)cc5)C4c4cccc(F)c4O)C3C2=O)c1. The monoisotopic (exact) mass is 808 g/mol. The number of alkyl halides is 3. The van der Waals surface area contributed by atoms with Crippen LogP contribution in [0, 0.1) is 29.5 Å². The molecule has 4 aliphatic rings. The molecule has 2 aliphatic heterocycles. The van der Waals surface area contributed by atoms with Gasteiger partial charge in [0, 0.05) is 22.7 Å². The lowest BCUT2D eigenvalue weighted by Crippen LogP contribution is -2.53. The Hall–Kier alpha value is -5.80. The molecule has 4 amide bonds. The fraction of sp³-hybridized carbons (Fsp3) is 0.231. The summed E-state index contributed by atoms with van der Waals surface area (Å²) in [7, 11) is 0. The average molecular weight is 810 g/mol. The number of hydrazine groups is 1. The number of aromatic nitrogens is 1. The van der Waals surface area contributed by atoms with Crippen LogP contribution in [-0.4, -0.2) is 49.8 Å². The smallest absolute Gasteiger partial charge is 0.417 e. The number of anilines is 2.